The van der Waals surface area contributed by atoms with E-state index in [0.29, 0.717) is 17.5 Å². The lowest BCUT2D eigenvalue weighted by molar-refractivity contribution is 1.07. The van der Waals surface area contributed by atoms with Crippen LogP contribution in [0.15, 0.2) is 273 Å². The van der Waals surface area contributed by atoms with Gasteiger partial charge >= 0.3 is 0 Å². The summed E-state index contributed by atoms with van der Waals surface area (Å²) >= 11 is 0. The highest BCUT2D eigenvalue weighted by Crippen LogP contribution is 2.41. The maximum atomic E-state index is 5.12. The molecule has 1 aromatic heterocycles. The molecule has 0 radical (unpaired) electrons. The molecule has 0 aliphatic carbocycles. The fourth-order valence-corrected chi connectivity index (χ4v) is 9.53. The van der Waals surface area contributed by atoms with E-state index in [9.17, 15) is 0 Å². The lowest BCUT2D eigenvalue weighted by atomic mass is 9.88. The molecule has 0 unspecified atom stereocenters. The third kappa shape index (κ3) is 8.60. The van der Waals surface area contributed by atoms with E-state index in [4.69, 9.17) is 15.0 Å². The normalized spacial score (nSPS) is 11.1. The van der Waals surface area contributed by atoms with Gasteiger partial charge in [-0.05, 0) is 119 Å². The number of fused-ring (bicyclic) bond motifs is 1. The fraction of sp³-hybridized carbons (Fsp3) is 0. The quantitative estimate of drug-likeness (QED) is 0.137. The summed E-state index contributed by atoms with van der Waals surface area (Å²) in [4.78, 5) is 15.2. The summed E-state index contributed by atoms with van der Waals surface area (Å²) in [5.41, 5.74) is 18.9. The molecule has 11 aromatic carbocycles. The van der Waals surface area contributed by atoms with E-state index in [-0.39, 0.29) is 0 Å². The van der Waals surface area contributed by atoms with Crippen molar-refractivity contribution in [1.82, 2.24) is 15.0 Å². The van der Waals surface area contributed by atoms with Crippen molar-refractivity contribution in [3.63, 3.8) is 0 Å². The van der Waals surface area contributed by atoms with Gasteiger partial charge in [0.1, 0.15) is 0 Å². The van der Waals surface area contributed by atoms with E-state index in [1.165, 1.54) is 44.2 Å². The van der Waals surface area contributed by atoms with Crippen LogP contribution >= 0.6 is 0 Å². The number of nitrogens with zero attached hydrogens (tertiary/aromatic N) is 3. The standard InChI is InChI=1S/C67H45N3/c1-5-17-46(18-6-1)55-27-15-28-56(41-55)47-31-33-48(34-32-47)58-42-59(49-35-37-52(38-36-49)62-30-16-26-50-21-13-14-29-61(50)62)44-60(43-58)63-40-39-57(45-64(63)51-19-7-2-8-20-51)67-69-65(53-22-9-3-10-23-53)68-66(70-67)54-24-11-4-12-25-54/h1-45H. The minimum Gasteiger partial charge on any atom is -0.208 e. The minimum atomic E-state index is 0.617. The van der Waals surface area contributed by atoms with Gasteiger partial charge in [0.15, 0.2) is 17.5 Å². The summed E-state index contributed by atoms with van der Waals surface area (Å²) in [7, 11) is 0. The Morgan fingerprint density at radius 2 is 0.529 bits per heavy atom. The fourth-order valence-electron chi connectivity index (χ4n) is 9.53. The molecule has 0 fully saturated rings. The molecule has 0 N–H and O–H groups in total. The summed E-state index contributed by atoms with van der Waals surface area (Å²) in [6, 6.07) is 97.1. The highest BCUT2D eigenvalue weighted by molar-refractivity contribution is 5.97. The van der Waals surface area contributed by atoms with Crippen molar-refractivity contribution in [2.24, 2.45) is 0 Å². The van der Waals surface area contributed by atoms with Gasteiger partial charge in [0.2, 0.25) is 0 Å². The molecule has 328 valence electrons. The predicted octanol–water partition coefficient (Wildman–Crippen LogP) is 17.7. The van der Waals surface area contributed by atoms with Crippen molar-refractivity contribution in [1.29, 1.82) is 0 Å². The topological polar surface area (TPSA) is 38.7 Å². The average Bonchev–Trinajstić information content (AvgIpc) is 3.45. The van der Waals surface area contributed by atoms with E-state index in [2.05, 4.69) is 212 Å². The summed E-state index contributed by atoms with van der Waals surface area (Å²) < 4.78 is 0. The Bertz CT molecular complexity index is 3710. The van der Waals surface area contributed by atoms with Crippen LogP contribution in [0.5, 0.6) is 0 Å². The predicted molar refractivity (Wildman–Crippen MR) is 292 cm³/mol. The minimum absolute atomic E-state index is 0.617. The van der Waals surface area contributed by atoms with Gasteiger partial charge in [-0.1, -0.05) is 243 Å². The van der Waals surface area contributed by atoms with E-state index in [1.807, 2.05) is 60.7 Å². The first-order valence-corrected chi connectivity index (χ1v) is 23.7. The molecule has 0 aliphatic heterocycles. The second-order valence-corrected chi connectivity index (χ2v) is 17.6. The van der Waals surface area contributed by atoms with Crippen molar-refractivity contribution in [3.8, 4) is 112 Å². The molecule has 12 aromatic rings. The molecular weight excluding hydrogens is 847 g/mol. The SMILES string of the molecule is c1ccc(-c2cccc(-c3ccc(-c4cc(-c5ccc(-c6cccc7ccccc67)cc5)cc(-c5ccc(-c6nc(-c7ccccc7)nc(-c7ccccc7)n6)cc5-c5ccccc5)c4)cc3)c2)cc1. The van der Waals surface area contributed by atoms with Crippen LogP contribution in [0, 0.1) is 0 Å². The van der Waals surface area contributed by atoms with Gasteiger partial charge in [0, 0.05) is 16.7 Å². The summed E-state index contributed by atoms with van der Waals surface area (Å²) in [5, 5.41) is 2.49. The molecule has 0 amide bonds. The Morgan fingerprint density at radius 1 is 0.171 bits per heavy atom. The van der Waals surface area contributed by atoms with E-state index < -0.39 is 0 Å². The molecule has 0 bridgehead atoms. The van der Waals surface area contributed by atoms with Crippen LogP contribution in [0.2, 0.25) is 0 Å². The van der Waals surface area contributed by atoms with E-state index in [0.717, 1.165) is 61.2 Å². The van der Waals surface area contributed by atoms with Crippen molar-refractivity contribution in [2.75, 3.05) is 0 Å². The zero-order chi connectivity index (χ0) is 46.6. The number of aromatic nitrogens is 3. The molecule has 0 saturated carbocycles. The molecule has 1 heterocycles. The van der Waals surface area contributed by atoms with Crippen LogP contribution in [-0.4, -0.2) is 15.0 Å². The lowest BCUT2D eigenvalue weighted by Crippen LogP contribution is -2.00. The first-order chi connectivity index (χ1) is 34.7. The number of hydrogen-bond acceptors (Lipinski definition) is 3. The van der Waals surface area contributed by atoms with Crippen LogP contribution in [0.4, 0.5) is 0 Å². The molecule has 12 rings (SSSR count). The van der Waals surface area contributed by atoms with Crippen LogP contribution < -0.4 is 0 Å². The van der Waals surface area contributed by atoms with Gasteiger partial charge in [-0.3, -0.25) is 0 Å². The van der Waals surface area contributed by atoms with Gasteiger partial charge in [0.05, 0.1) is 0 Å². The zero-order valence-electron chi connectivity index (χ0n) is 38.3. The lowest BCUT2D eigenvalue weighted by Gasteiger charge is -2.17. The first kappa shape index (κ1) is 42.1. The average molecular weight is 892 g/mol. The van der Waals surface area contributed by atoms with E-state index in [1.54, 1.807) is 0 Å². The first-order valence-electron chi connectivity index (χ1n) is 23.7. The maximum absolute atomic E-state index is 5.12. The smallest absolute Gasteiger partial charge is 0.164 e. The highest BCUT2D eigenvalue weighted by atomic mass is 15.0. The Balaban J connectivity index is 0.994. The van der Waals surface area contributed by atoms with Gasteiger partial charge < -0.3 is 0 Å². The number of hydrogen-bond donors (Lipinski definition) is 0. The molecule has 0 atom stereocenters. The number of benzene rings is 11. The molecule has 0 aliphatic rings. The Labute approximate surface area is 408 Å². The van der Waals surface area contributed by atoms with Crippen LogP contribution in [0.25, 0.3) is 123 Å². The largest absolute Gasteiger partial charge is 0.208 e. The highest BCUT2D eigenvalue weighted by Gasteiger charge is 2.18. The van der Waals surface area contributed by atoms with E-state index >= 15 is 0 Å². The Morgan fingerprint density at radius 3 is 1.10 bits per heavy atom. The molecule has 3 heteroatoms. The monoisotopic (exact) mass is 891 g/mol. The van der Waals surface area contributed by atoms with Gasteiger partial charge in [-0.25, -0.2) is 15.0 Å². The van der Waals surface area contributed by atoms with Crippen LogP contribution in [0.1, 0.15) is 0 Å². The van der Waals surface area contributed by atoms with Gasteiger partial charge in [0.25, 0.3) is 0 Å². The summed E-state index contributed by atoms with van der Waals surface area (Å²) in [6.45, 7) is 0. The molecule has 0 saturated heterocycles. The van der Waals surface area contributed by atoms with Crippen LogP contribution in [-0.2, 0) is 0 Å². The second-order valence-electron chi connectivity index (χ2n) is 17.6. The molecular formula is C67H45N3. The molecule has 70 heavy (non-hydrogen) atoms. The number of rotatable bonds is 10. The Hall–Kier alpha value is -9.31. The van der Waals surface area contributed by atoms with Crippen molar-refractivity contribution in [3.05, 3.63) is 273 Å². The second kappa shape index (κ2) is 18.8. The summed E-state index contributed by atoms with van der Waals surface area (Å²) in [6.07, 6.45) is 0. The van der Waals surface area contributed by atoms with Gasteiger partial charge in [-0.15, -0.1) is 0 Å². The van der Waals surface area contributed by atoms with Crippen LogP contribution in [0.3, 0.4) is 0 Å². The van der Waals surface area contributed by atoms with Crippen molar-refractivity contribution >= 4 is 10.8 Å². The third-order valence-electron chi connectivity index (χ3n) is 13.1. The zero-order valence-corrected chi connectivity index (χ0v) is 38.3. The molecule has 3 nitrogen and oxygen atoms in total. The van der Waals surface area contributed by atoms with Gasteiger partial charge in [-0.2, -0.15) is 0 Å². The molecule has 0 spiro atoms. The van der Waals surface area contributed by atoms with Crippen molar-refractivity contribution < 1.29 is 0 Å². The summed E-state index contributed by atoms with van der Waals surface area (Å²) in [5.74, 6) is 1.88. The Kier molecular flexibility index (Phi) is 11.3. The maximum Gasteiger partial charge on any atom is 0.164 e. The third-order valence-corrected chi connectivity index (χ3v) is 13.1. The van der Waals surface area contributed by atoms with Crippen molar-refractivity contribution in [2.45, 2.75) is 0 Å².